The van der Waals surface area contributed by atoms with Crippen LogP contribution in [-0.2, 0) is 0 Å². The predicted molar refractivity (Wildman–Crippen MR) is 181 cm³/mol. The molecule has 0 radical (unpaired) electrons. The molecule has 0 saturated carbocycles. The molecule has 6 aromatic carbocycles. The first kappa shape index (κ1) is 25.7. The summed E-state index contributed by atoms with van der Waals surface area (Å²) in [6, 6.07) is 62.1. The second kappa shape index (κ2) is 11.7. The Morgan fingerprint density at radius 1 is 0.366 bits per heavy atom. The molecule has 196 valence electrons. The normalized spacial score (nSPS) is 11.4. The van der Waals surface area contributed by atoms with E-state index in [4.69, 9.17) is 0 Å². The Kier molecular flexibility index (Phi) is 7.31. The van der Waals surface area contributed by atoms with Gasteiger partial charge in [-0.25, -0.2) is 0 Å². The fraction of sp³-hybridized carbons (Fsp3) is 0. The monoisotopic (exact) mass is 561 g/mol. The van der Waals surface area contributed by atoms with Crippen molar-refractivity contribution in [2.45, 2.75) is 0 Å². The lowest BCUT2D eigenvalue weighted by molar-refractivity contribution is 1.14. The molecule has 0 spiro atoms. The highest BCUT2D eigenvalue weighted by molar-refractivity contribution is 7.80. The zero-order chi connectivity index (χ0) is 27.4. The standard InChI is InChI=1S/C38H29NP2/c1-5-17-31(18-6-1)40(32-19-7-2-8-20-32)36-28-27-30-16-13-14-25-35(30)38(36)39-29-15-26-37(39)41(33-21-9-3-10-22-33)34-23-11-4-12-24-34/h1-29H. The van der Waals surface area contributed by atoms with Crippen LogP contribution in [0.15, 0.2) is 176 Å². The minimum atomic E-state index is -0.799. The molecule has 0 unspecified atom stereocenters. The molecule has 41 heavy (non-hydrogen) atoms. The van der Waals surface area contributed by atoms with E-state index in [1.807, 2.05) is 0 Å². The van der Waals surface area contributed by atoms with E-state index in [1.54, 1.807) is 0 Å². The summed E-state index contributed by atoms with van der Waals surface area (Å²) in [4.78, 5) is 0. The average Bonchev–Trinajstić information content (AvgIpc) is 3.52. The Morgan fingerprint density at radius 3 is 1.37 bits per heavy atom. The molecule has 0 amide bonds. The molecular weight excluding hydrogens is 532 g/mol. The average molecular weight is 562 g/mol. The van der Waals surface area contributed by atoms with Crippen molar-refractivity contribution in [3.63, 3.8) is 0 Å². The number of hydrogen-bond donors (Lipinski definition) is 0. The number of nitrogens with zero attached hydrogens (tertiary/aromatic N) is 1. The Morgan fingerprint density at radius 2 is 0.829 bits per heavy atom. The number of fused-ring (bicyclic) bond motifs is 1. The van der Waals surface area contributed by atoms with Gasteiger partial charge in [0.2, 0.25) is 0 Å². The Labute approximate surface area is 244 Å². The van der Waals surface area contributed by atoms with Crippen molar-refractivity contribution in [1.29, 1.82) is 0 Å². The van der Waals surface area contributed by atoms with Gasteiger partial charge in [-0.15, -0.1) is 0 Å². The van der Waals surface area contributed by atoms with Crippen LogP contribution in [0.1, 0.15) is 0 Å². The summed E-state index contributed by atoms with van der Waals surface area (Å²) in [5.41, 5.74) is 2.60. The van der Waals surface area contributed by atoms with E-state index < -0.39 is 15.8 Å². The number of aromatic nitrogens is 1. The molecule has 0 aliphatic rings. The van der Waals surface area contributed by atoms with Gasteiger partial charge >= 0.3 is 0 Å². The highest BCUT2D eigenvalue weighted by Gasteiger charge is 2.26. The number of benzene rings is 6. The Hall–Kier alpha value is -4.28. The van der Waals surface area contributed by atoms with E-state index in [2.05, 4.69) is 181 Å². The molecule has 0 aliphatic carbocycles. The quantitative estimate of drug-likeness (QED) is 0.182. The van der Waals surface area contributed by atoms with Crippen LogP contribution in [0.5, 0.6) is 0 Å². The first-order valence-electron chi connectivity index (χ1n) is 13.9. The van der Waals surface area contributed by atoms with Crippen molar-refractivity contribution in [3.05, 3.63) is 176 Å². The molecule has 3 heteroatoms. The van der Waals surface area contributed by atoms with E-state index in [1.165, 1.54) is 48.4 Å². The minimum absolute atomic E-state index is 0.779. The van der Waals surface area contributed by atoms with Gasteiger partial charge in [0, 0.05) is 24.8 Å². The molecule has 0 bridgehead atoms. The molecule has 7 rings (SSSR count). The highest BCUT2D eigenvalue weighted by Crippen LogP contribution is 2.40. The fourth-order valence-electron chi connectivity index (χ4n) is 5.57. The zero-order valence-corrected chi connectivity index (χ0v) is 24.4. The first-order chi connectivity index (χ1) is 20.4. The molecule has 1 heterocycles. The van der Waals surface area contributed by atoms with Gasteiger partial charge in [0.15, 0.2) is 0 Å². The maximum Gasteiger partial charge on any atom is 0.0617 e. The molecule has 1 aromatic heterocycles. The van der Waals surface area contributed by atoms with Crippen LogP contribution in [-0.4, -0.2) is 4.57 Å². The molecule has 0 N–H and O–H groups in total. The second-order valence-corrected chi connectivity index (χ2v) is 14.3. The van der Waals surface area contributed by atoms with Gasteiger partial charge in [-0.05, 0) is 46.7 Å². The second-order valence-electron chi connectivity index (χ2n) is 9.90. The van der Waals surface area contributed by atoms with E-state index in [0.717, 1.165) is 0 Å². The van der Waals surface area contributed by atoms with Gasteiger partial charge in [-0.1, -0.05) is 158 Å². The largest absolute Gasteiger partial charge is 0.315 e. The molecule has 7 aromatic rings. The topological polar surface area (TPSA) is 4.93 Å². The summed E-state index contributed by atoms with van der Waals surface area (Å²) < 4.78 is 2.49. The Balaban J connectivity index is 1.53. The molecule has 1 nitrogen and oxygen atoms in total. The van der Waals surface area contributed by atoms with Crippen LogP contribution in [0.4, 0.5) is 0 Å². The predicted octanol–water partition coefficient (Wildman–Crippen LogP) is 7.15. The minimum Gasteiger partial charge on any atom is -0.315 e. The van der Waals surface area contributed by atoms with Crippen molar-refractivity contribution >= 4 is 58.6 Å². The summed E-state index contributed by atoms with van der Waals surface area (Å²) in [7, 11) is -1.58. The third-order valence-electron chi connectivity index (χ3n) is 7.38. The van der Waals surface area contributed by atoms with Crippen LogP contribution in [0.2, 0.25) is 0 Å². The van der Waals surface area contributed by atoms with Crippen molar-refractivity contribution in [2.24, 2.45) is 0 Å². The summed E-state index contributed by atoms with van der Waals surface area (Å²) in [6.07, 6.45) is 2.27. The summed E-state index contributed by atoms with van der Waals surface area (Å²) in [6.45, 7) is 0. The fourth-order valence-corrected chi connectivity index (χ4v) is 10.4. The molecular formula is C38H29NP2. The number of hydrogen-bond acceptors (Lipinski definition) is 0. The smallest absolute Gasteiger partial charge is 0.0617 e. The lowest BCUT2D eigenvalue weighted by atomic mass is 10.1. The third-order valence-corrected chi connectivity index (χ3v) is 12.3. The van der Waals surface area contributed by atoms with Gasteiger partial charge in [-0.3, -0.25) is 0 Å². The van der Waals surface area contributed by atoms with Gasteiger partial charge in [0.1, 0.15) is 0 Å². The van der Waals surface area contributed by atoms with E-state index >= 15 is 0 Å². The van der Waals surface area contributed by atoms with Crippen molar-refractivity contribution in [1.82, 2.24) is 4.57 Å². The number of rotatable bonds is 7. The van der Waals surface area contributed by atoms with Gasteiger partial charge in [0.25, 0.3) is 0 Å². The molecule has 0 aliphatic heterocycles. The third kappa shape index (κ3) is 5.05. The van der Waals surface area contributed by atoms with Crippen LogP contribution in [0.3, 0.4) is 0 Å². The molecule has 0 saturated heterocycles. The first-order valence-corrected chi connectivity index (χ1v) is 16.6. The summed E-state index contributed by atoms with van der Waals surface area (Å²) >= 11 is 0. The van der Waals surface area contributed by atoms with E-state index in [-0.39, 0.29) is 0 Å². The molecule has 0 fully saturated rings. The van der Waals surface area contributed by atoms with Gasteiger partial charge in [0.05, 0.1) is 11.1 Å². The van der Waals surface area contributed by atoms with Crippen LogP contribution in [0, 0.1) is 0 Å². The van der Waals surface area contributed by atoms with E-state index in [9.17, 15) is 0 Å². The summed E-state index contributed by atoms with van der Waals surface area (Å²) in [5, 5.41) is 9.31. The SMILES string of the molecule is c1ccc(P(c2ccccc2)c2ccc3ccccc3c2-n2cccc2P(c2ccccc2)c2ccccc2)cc1. The van der Waals surface area contributed by atoms with Crippen molar-refractivity contribution in [2.75, 3.05) is 0 Å². The van der Waals surface area contributed by atoms with Crippen molar-refractivity contribution < 1.29 is 0 Å². The molecule has 0 atom stereocenters. The van der Waals surface area contributed by atoms with Crippen LogP contribution >= 0.6 is 15.8 Å². The maximum absolute atomic E-state index is 2.49. The van der Waals surface area contributed by atoms with Gasteiger partial charge < -0.3 is 4.57 Å². The maximum atomic E-state index is 2.49. The highest BCUT2D eigenvalue weighted by atomic mass is 31.1. The zero-order valence-electron chi connectivity index (χ0n) is 22.6. The van der Waals surface area contributed by atoms with Gasteiger partial charge in [-0.2, -0.15) is 0 Å². The summed E-state index contributed by atoms with van der Waals surface area (Å²) in [5.74, 6) is 0. The van der Waals surface area contributed by atoms with E-state index in [0.29, 0.717) is 0 Å². The van der Waals surface area contributed by atoms with Crippen molar-refractivity contribution in [3.8, 4) is 5.69 Å². The lowest BCUT2D eigenvalue weighted by Gasteiger charge is -2.27. The van der Waals surface area contributed by atoms with Crippen LogP contribution in [0.25, 0.3) is 16.5 Å². The Bertz CT molecular complexity index is 1800. The lowest BCUT2D eigenvalue weighted by Crippen LogP contribution is -2.29. The van der Waals surface area contributed by atoms with Crippen LogP contribution < -0.4 is 32.0 Å².